The molecule has 7 aromatic carbocycles. The van der Waals surface area contributed by atoms with Crippen molar-refractivity contribution in [1.82, 2.24) is 40.9 Å². The number of carboxylic acid groups (broad SMARTS) is 1. The quantitative estimate of drug-likeness (QED) is 0.00812. The highest BCUT2D eigenvalue weighted by molar-refractivity contribution is 5.87. The van der Waals surface area contributed by atoms with Crippen molar-refractivity contribution >= 4 is 101 Å². The Bertz CT molecular complexity index is 5070. The number of para-hydroxylation sites is 1. The summed E-state index contributed by atoms with van der Waals surface area (Å²) in [5, 5.41) is 33.9. The zero-order valence-corrected chi connectivity index (χ0v) is 96.6. The second kappa shape index (κ2) is 74.9. The van der Waals surface area contributed by atoms with Gasteiger partial charge in [0.2, 0.25) is 11.8 Å². The van der Waals surface area contributed by atoms with Gasteiger partial charge in [-0.25, -0.2) is 19.6 Å². The van der Waals surface area contributed by atoms with Crippen molar-refractivity contribution in [3.8, 4) is 0 Å². The fraction of sp³-hybridized carbons (Fsp3) is 0.582. The Hall–Kier alpha value is -10.1. The van der Waals surface area contributed by atoms with Crippen LogP contribution in [0, 0.1) is 76.9 Å². The van der Waals surface area contributed by atoms with Crippen LogP contribution in [0.5, 0.6) is 0 Å². The van der Waals surface area contributed by atoms with Gasteiger partial charge in [0.25, 0.3) is 0 Å². The number of carboxylic acids is 1. The summed E-state index contributed by atoms with van der Waals surface area (Å²) in [5.74, 6) is 4.10. The molecule has 1 aromatic heterocycles. The number of hydrogen-bond donors (Lipinski definition) is 7. The number of ketones is 3. The number of amides is 3. The van der Waals surface area contributed by atoms with Gasteiger partial charge in [-0.15, -0.1) is 42.3 Å². The van der Waals surface area contributed by atoms with Gasteiger partial charge in [-0.3, -0.25) is 28.8 Å². The minimum atomic E-state index is -1.09. The molecule has 4 fully saturated rings. The van der Waals surface area contributed by atoms with Crippen molar-refractivity contribution in [3.05, 3.63) is 240 Å². The first-order valence-electron chi connectivity index (χ1n) is 54.5. The average molecular weight is 2140 g/mol. The maximum atomic E-state index is 13.8. The van der Waals surface area contributed by atoms with Gasteiger partial charge in [0.15, 0.2) is 0 Å². The first-order valence-corrected chi connectivity index (χ1v) is 54.5. The van der Waals surface area contributed by atoms with Gasteiger partial charge >= 0.3 is 18.0 Å². The molecule has 834 valence electrons. The third-order valence-electron chi connectivity index (χ3n) is 27.7. The van der Waals surface area contributed by atoms with Crippen molar-refractivity contribution in [2.75, 3.05) is 66.6 Å². The Balaban J connectivity index is 0.000000620. The maximum Gasteiger partial charge on any atom is 0.408 e. The number of aromatic nitrogens is 3. The summed E-state index contributed by atoms with van der Waals surface area (Å²) >= 11 is 0. The number of rotatable bonds is 40. The topological polar surface area (TPSA) is 355 Å². The van der Waals surface area contributed by atoms with E-state index < -0.39 is 41.3 Å². The van der Waals surface area contributed by atoms with Crippen LogP contribution < -0.4 is 27.4 Å². The normalized spacial score (nSPS) is 18.7. The molecule has 3 amide bonds. The monoisotopic (exact) mass is 2130 g/mol. The molecule has 28 heteroatoms. The van der Waals surface area contributed by atoms with E-state index in [1.807, 2.05) is 210 Å². The number of nitrogens with zero attached hydrogens (tertiary/aromatic N) is 7. The Labute approximate surface area is 918 Å². The molecule has 0 bridgehead atoms. The van der Waals surface area contributed by atoms with E-state index in [0.717, 1.165) is 116 Å². The van der Waals surface area contributed by atoms with Gasteiger partial charge in [-0.05, 0) is 283 Å². The second-order valence-corrected chi connectivity index (χ2v) is 43.5. The third kappa shape index (κ3) is 55.0. The lowest BCUT2D eigenvalue weighted by atomic mass is 9.68. The van der Waals surface area contributed by atoms with E-state index in [-0.39, 0.29) is 104 Å². The van der Waals surface area contributed by atoms with Gasteiger partial charge in [0, 0.05) is 69.2 Å². The molecule has 3 saturated carbocycles. The van der Waals surface area contributed by atoms with Crippen LogP contribution in [0.25, 0.3) is 11.0 Å². The summed E-state index contributed by atoms with van der Waals surface area (Å²) in [6.45, 7) is 47.7. The van der Waals surface area contributed by atoms with Crippen LogP contribution >= 0.6 is 37.2 Å². The first kappa shape index (κ1) is 136. The van der Waals surface area contributed by atoms with Crippen molar-refractivity contribution in [2.24, 2.45) is 98.4 Å². The molecule has 9 N–H and O–H groups in total. The molecular formula is C122H187Cl3N12O13. The Morgan fingerprint density at radius 2 is 0.873 bits per heavy atom. The molecule has 12 rings (SSSR count). The highest BCUT2D eigenvalue weighted by atomic mass is 35.5. The van der Waals surface area contributed by atoms with Gasteiger partial charge in [-0.1, -0.05) is 301 Å². The van der Waals surface area contributed by atoms with E-state index in [1.54, 1.807) is 32.9 Å². The highest BCUT2D eigenvalue weighted by Crippen LogP contribution is 2.43. The zero-order valence-electron chi connectivity index (χ0n) is 94.1. The summed E-state index contributed by atoms with van der Waals surface area (Å²) in [6, 6.07) is 66.2. The van der Waals surface area contributed by atoms with Gasteiger partial charge in [0.05, 0.1) is 43.0 Å². The Kier molecular flexibility index (Phi) is 67.9. The van der Waals surface area contributed by atoms with E-state index >= 15 is 0 Å². The fourth-order valence-corrected chi connectivity index (χ4v) is 19.5. The number of esters is 1. The number of carbonyl (C=O) groups excluding carboxylic acids is 7. The molecular weight excluding hydrogens is 1950 g/mol. The number of halogens is 3. The number of hydrogen-bond acceptors (Lipinski definition) is 20. The Morgan fingerprint density at radius 1 is 0.493 bits per heavy atom. The number of Topliss-reactive ketones (excluding diaryl/α,β-unsaturated/α-hetero) is 3. The largest absolute Gasteiger partial charge is 0.480 e. The molecule has 150 heavy (non-hydrogen) atoms. The van der Waals surface area contributed by atoms with Crippen LogP contribution in [-0.2, 0) is 67.0 Å². The number of benzene rings is 7. The van der Waals surface area contributed by atoms with Gasteiger partial charge in [-0.2, -0.15) is 0 Å². The van der Waals surface area contributed by atoms with E-state index in [2.05, 4.69) is 161 Å². The average Bonchev–Trinajstić information content (AvgIpc) is 1.80. The molecule has 25 nitrogen and oxygen atoms in total. The smallest absolute Gasteiger partial charge is 0.408 e. The molecule has 0 radical (unpaired) electrons. The molecule has 4 aliphatic rings. The lowest BCUT2D eigenvalue weighted by molar-refractivity contribution is -0.157. The molecule has 2 heterocycles. The Morgan fingerprint density at radius 3 is 1.24 bits per heavy atom. The lowest BCUT2D eigenvalue weighted by Gasteiger charge is -2.36. The zero-order chi connectivity index (χ0) is 108. The van der Waals surface area contributed by atoms with Crippen molar-refractivity contribution in [2.45, 2.75) is 314 Å². The number of carbonyl (C=O) groups is 8. The summed E-state index contributed by atoms with van der Waals surface area (Å²) in [7, 11) is 4.12. The predicted molar refractivity (Wildman–Crippen MR) is 617 cm³/mol. The van der Waals surface area contributed by atoms with E-state index in [9.17, 15) is 38.4 Å². The summed E-state index contributed by atoms with van der Waals surface area (Å²) in [4.78, 5) is 115. The van der Waals surface area contributed by atoms with Gasteiger partial charge < -0.3 is 61.7 Å². The van der Waals surface area contributed by atoms with Crippen LogP contribution in [0.4, 0.5) is 4.79 Å². The molecule has 8 aromatic rings. The van der Waals surface area contributed by atoms with Crippen LogP contribution in [0.3, 0.4) is 0 Å². The standard InChI is InChI=1S/C35H49NO4.C29H40N2O2.C20H31NO.C14H19NO4.C8H17N3.C6H5N3O.C6H15N.C4H8O.3ClH/c1-24(2)29-18-17-25(3)21-30(29)32(37)20-19-31(27-15-11-8-12-16-27)36-34(39)28(22-26-13-9-7-10-14-26)23-33(38)40-35(4,5)6;1-20(2)24-15-14-21(3)18-25(24)28(32)17-16-27(23-12-8-5-9-13-23)31-29(33)26(30)19-22-10-6-4-7-11-22;1-14(2)17-10-9-15(3)13-18(17)20(22)12-11-19(21)16-7-5-4-6-8-16;1-14(2,3)19-13(18)15-11(12(16)17)9-10-7-5-4-6-8-10;1-4-9-8-10-6-5-7-11(2)3;10-9-6-4-2-1-3-5(6)7-8-9;1-4-7(5-2)6-3;1-2-4-5-3-1;;;/h7-16,24-25,28-31H,17-23H2,1-6H3,(H,36,39);4-13,20-21,24-27H,14-19,30H2,1-3H3,(H,31,33);4-8,14-15,17-19H,9-13,21H2,1-3H3;4-8,11H,9H2,1-3H3,(H,15,18)(H,16,17);4-7H2,1-3H3;1-4,10H;4-6H2,1-3H3;1-4H2;3*1H/t25-,28+,29+,30-,31-;21-,24+,25-,26-,27-;15-,17+,18-,19-;11-;;;;;;;/m1111......./s1. The maximum absolute atomic E-state index is 13.8. The van der Waals surface area contributed by atoms with Crippen LogP contribution in [0.1, 0.15) is 305 Å². The van der Waals surface area contributed by atoms with E-state index in [0.29, 0.717) is 127 Å². The predicted octanol–water partition coefficient (Wildman–Crippen LogP) is 25.1. The van der Waals surface area contributed by atoms with Crippen molar-refractivity contribution in [3.63, 3.8) is 0 Å². The molecule has 1 aliphatic heterocycles. The summed E-state index contributed by atoms with van der Waals surface area (Å²) in [5.41, 5.74) is 18.5. The first-order chi connectivity index (χ1) is 70.0. The van der Waals surface area contributed by atoms with Gasteiger partial charge in [0.1, 0.15) is 45.6 Å². The van der Waals surface area contributed by atoms with E-state index in [4.69, 9.17) is 36.0 Å². The summed E-state index contributed by atoms with van der Waals surface area (Å²) in [6.07, 6.45) is 17.6. The number of ether oxygens (including phenoxy) is 3. The number of nitrogens with one attached hydrogen (secondary N) is 3. The molecule has 1 saturated heterocycles. The lowest BCUT2D eigenvalue weighted by Crippen LogP contribution is -2.44. The van der Waals surface area contributed by atoms with Crippen molar-refractivity contribution < 1.29 is 62.9 Å². The minimum absolute atomic E-state index is 0. The molecule has 0 unspecified atom stereocenters. The number of alkyl carbamates (subject to hydrolysis) is 1. The van der Waals surface area contributed by atoms with Crippen LogP contribution in [-0.4, -0.2) is 178 Å². The van der Waals surface area contributed by atoms with Crippen LogP contribution in [0.2, 0.25) is 0 Å². The van der Waals surface area contributed by atoms with Crippen molar-refractivity contribution in [1.29, 1.82) is 0 Å². The fourth-order valence-electron chi connectivity index (χ4n) is 19.5. The minimum Gasteiger partial charge on any atom is -0.480 e. The second-order valence-electron chi connectivity index (χ2n) is 43.5. The van der Waals surface area contributed by atoms with E-state index in [1.165, 1.54) is 58.2 Å². The number of fused-ring (bicyclic) bond motifs is 1. The number of aliphatic carboxylic acids is 1. The van der Waals surface area contributed by atoms with Crippen LogP contribution in [0.15, 0.2) is 216 Å². The third-order valence-corrected chi connectivity index (χ3v) is 27.7. The summed E-state index contributed by atoms with van der Waals surface area (Å²) < 4.78 is 15.6. The molecule has 15 atom stereocenters. The molecule has 3 aliphatic carbocycles. The number of nitrogens with two attached hydrogens (primary N) is 2. The number of aliphatic imine (C=N–C) groups is 2. The SMILES string of the molecule is C1CCOC1.CC(C)(C)OC(=O)N[C@H](Cc1ccccc1)C(=O)O.CC(C)[C@@H]1CC[C@@H](C)C[C@H]1C(=O)CC[C@@H](N)c1ccccc1.CC(C)[C@@H]1CC[C@@H](C)C[C@H]1C(=O)CC[C@@H](NC(=O)[C@H](CC(=O)OC(C)(C)C)Cc1ccccc1)c1ccccc1.CC(C)[C@@H]1CC[C@@H](C)C[C@H]1C(=O)CC[C@@H](NC(=O)[C@H](N)Cc1ccccc1)c1ccccc1.CCN(CC)CC.CCN=C=NCCCN(C)C.Cl.Cl.Cl.On1nnc2ccccc21. The highest BCUT2D eigenvalue weighted by Gasteiger charge is 2.40. The molecule has 0 spiro atoms.